The van der Waals surface area contributed by atoms with Gasteiger partial charge in [0.25, 0.3) is 0 Å². The third kappa shape index (κ3) is 1.44. The molecule has 1 aliphatic rings. The summed E-state index contributed by atoms with van der Waals surface area (Å²) in [6.07, 6.45) is 4.59. The lowest BCUT2D eigenvalue weighted by Crippen LogP contribution is -1.90. The molecule has 0 spiro atoms. The molecule has 2 nitrogen and oxygen atoms in total. The van der Waals surface area contributed by atoms with Crippen molar-refractivity contribution in [1.82, 2.24) is 4.98 Å². The minimum atomic E-state index is 0.809. The van der Waals surface area contributed by atoms with Gasteiger partial charge in [0, 0.05) is 29.0 Å². The van der Waals surface area contributed by atoms with Gasteiger partial charge in [-0.1, -0.05) is 0 Å². The van der Waals surface area contributed by atoms with Gasteiger partial charge < -0.3 is 5.32 Å². The molecule has 18 heavy (non-hydrogen) atoms. The summed E-state index contributed by atoms with van der Waals surface area (Å²) in [5, 5.41) is 8.21. The van der Waals surface area contributed by atoms with E-state index in [0.717, 1.165) is 17.1 Å². The number of pyridine rings is 1. The van der Waals surface area contributed by atoms with Crippen molar-refractivity contribution in [1.29, 1.82) is 0 Å². The van der Waals surface area contributed by atoms with Crippen LogP contribution in [-0.4, -0.2) is 12.0 Å². The molecular weight excluding hydrogens is 240 g/mol. The Morgan fingerprint density at radius 1 is 1.28 bits per heavy atom. The zero-order valence-corrected chi connectivity index (χ0v) is 11.1. The van der Waals surface area contributed by atoms with Gasteiger partial charge in [-0.3, -0.25) is 4.98 Å². The van der Waals surface area contributed by atoms with Crippen LogP contribution in [0, 0.1) is 0 Å². The fourth-order valence-corrected chi connectivity index (χ4v) is 3.68. The zero-order chi connectivity index (χ0) is 12.1. The third-order valence-corrected chi connectivity index (χ3v) is 4.72. The lowest BCUT2D eigenvalue weighted by atomic mass is 10.1. The maximum absolute atomic E-state index is 4.51. The highest BCUT2D eigenvalue weighted by Crippen LogP contribution is 2.46. The van der Waals surface area contributed by atoms with Crippen LogP contribution in [0.25, 0.3) is 21.0 Å². The molecule has 4 rings (SSSR count). The van der Waals surface area contributed by atoms with E-state index >= 15 is 0 Å². The average Bonchev–Trinajstić information content (AvgIpc) is 3.16. The van der Waals surface area contributed by atoms with Crippen LogP contribution in [-0.2, 0) is 0 Å². The molecular formula is C15H14N2S. The van der Waals surface area contributed by atoms with E-state index in [1.807, 2.05) is 30.6 Å². The molecule has 2 heterocycles. The Labute approximate surface area is 110 Å². The van der Waals surface area contributed by atoms with E-state index in [1.165, 1.54) is 33.9 Å². The third-order valence-electron chi connectivity index (χ3n) is 3.75. The van der Waals surface area contributed by atoms with Gasteiger partial charge in [0.1, 0.15) is 0 Å². The molecule has 1 aromatic carbocycles. The predicted molar refractivity (Wildman–Crippen MR) is 78.6 cm³/mol. The van der Waals surface area contributed by atoms with E-state index in [4.69, 9.17) is 0 Å². The second-order valence-corrected chi connectivity index (χ2v) is 5.85. The minimum absolute atomic E-state index is 0.809. The minimum Gasteiger partial charge on any atom is -0.388 e. The molecule has 3 heteroatoms. The van der Waals surface area contributed by atoms with Crippen molar-refractivity contribution >= 4 is 38.0 Å². The number of nitrogens with zero attached hydrogens (tertiary/aromatic N) is 1. The monoisotopic (exact) mass is 254 g/mol. The van der Waals surface area contributed by atoms with Crippen LogP contribution in [0.2, 0.25) is 0 Å². The van der Waals surface area contributed by atoms with Crippen LogP contribution in [0.4, 0.5) is 5.69 Å². The molecule has 1 aliphatic carbocycles. The van der Waals surface area contributed by atoms with Crippen LogP contribution in [0.15, 0.2) is 29.8 Å². The van der Waals surface area contributed by atoms with Crippen molar-refractivity contribution in [2.24, 2.45) is 0 Å². The van der Waals surface area contributed by atoms with E-state index in [-0.39, 0.29) is 0 Å². The Bertz CT molecular complexity index is 741. The molecule has 0 amide bonds. The highest BCUT2D eigenvalue weighted by atomic mass is 32.1. The number of thiophene rings is 1. The lowest BCUT2D eigenvalue weighted by molar-refractivity contribution is 1.16. The number of rotatable bonds is 2. The number of anilines is 1. The lowest BCUT2D eigenvalue weighted by Gasteiger charge is -2.05. The van der Waals surface area contributed by atoms with Gasteiger partial charge in [-0.05, 0) is 53.3 Å². The molecule has 90 valence electrons. The number of benzene rings is 1. The maximum Gasteiger partial charge on any atom is 0.0729 e. The summed E-state index contributed by atoms with van der Waals surface area (Å²) in [5.41, 5.74) is 3.78. The van der Waals surface area contributed by atoms with Gasteiger partial charge in [0.05, 0.1) is 5.52 Å². The van der Waals surface area contributed by atoms with E-state index in [1.54, 1.807) is 0 Å². The van der Waals surface area contributed by atoms with Gasteiger partial charge in [-0.2, -0.15) is 0 Å². The number of nitrogens with one attached hydrogen (secondary N) is 1. The number of hydrogen-bond donors (Lipinski definition) is 1. The Morgan fingerprint density at radius 3 is 2.94 bits per heavy atom. The molecule has 0 atom stereocenters. The van der Waals surface area contributed by atoms with Crippen LogP contribution < -0.4 is 5.32 Å². The summed E-state index contributed by atoms with van der Waals surface area (Å²) in [6, 6.07) is 6.57. The molecule has 1 fully saturated rings. The summed E-state index contributed by atoms with van der Waals surface area (Å²) in [6.45, 7) is 0. The standard InChI is InChI=1S/C15H14N2S/c1-16-13-4-5-17-14-6-10-12(9-2-3-9)8-18-15(10)7-11(13)14/h4-9H,2-3H2,1H3,(H,16,17). The van der Waals surface area contributed by atoms with Gasteiger partial charge >= 0.3 is 0 Å². The van der Waals surface area contributed by atoms with E-state index in [2.05, 4.69) is 27.8 Å². The Kier molecular flexibility index (Phi) is 2.12. The first kappa shape index (κ1) is 10.3. The summed E-state index contributed by atoms with van der Waals surface area (Å²) in [7, 11) is 1.96. The van der Waals surface area contributed by atoms with E-state index in [0.29, 0.717) is 0 Å². The van der Waals surface area contributed by atoms with Gasteiger partial charge in [-0.25, -0.2) is 0 Å². The molecule has 2 aromatic heterocycles. The van der Waals surface area contributed by atoms with Crippen molar-refractivity contribution in [2.75, 3.05) is 12.4 Å². The second-order valence-electron chi connectivity index (χ2n) is 4.94. The molecule has 1 saturated carbocycles. The summed E-state index contributed by atoms with van der Waals surface area (Å²) >= 11 is 1.86. The first-order valence-electron chi connectivity index (χ1n) is 6.34. The van der Waals surface area contributed by atoms with Gasteiger partial charge in [0.2, 0.25) is 0 Å². The molecule has 0 bridgehead atoms. The summed E-state index contributed by atoms with van der Waals surface area (Å²) in [4.78, 5) is 4.51. The highest BCUT2D eigenvalue weighted by molar-refractivity contribution is 7.17. The van der Waals surface area contributed by atoms with Crippen molar-refractivity contribution < 1.29 is 0 Å². The second kappa shape index (κ2) is 3.69. The van der Waals surface area contributed by atoms with Crippen LogP contribution in [0.5, 0.6) is 0 Å². The molecule has 1 N–H and O–H groups in total. The summed E-state index contributed by atoms with van der Waals surface area (Å²) in [5.74, 6) is 0.809. The highest BCUT2D eigenvalue weighted by Gasteiger charge is 2.26. The number of aromatic nitrogens is 1. The average molecular weight is 254 g/mol. The number of hydrogen-bond acceptors (Lipinski definition) is 3. The van der Waals surface area contributed by atoms with Gasteiger partial charge in [0.15, 0.2) is 0 Å². The van der Waals surface area contributed by atoms with Crippen LogP contribution in [0.3, 0.4) is 0 Å². The molecule has 3 aromatic rings. The molecule has 0 saturated heterocycles. The molecule has 0 unspecified atom stereocenters. The SMILES string of the molecule is CNc1ccnc2cc3c(C4CC4)csc3cc12. The van der Waals surface area contributed by atoms with Crippen molar-refractivity contribution in [3.63, 3.8) is 0 Å². The fraction of sp³-hybridized carbons (Fsp3) is 0.267. The smallest absolute Gasteiger partial charge is 0.0729 e. The van der Waals surface area contributed by atoms with E-state index < -0.39 is 0 Å². The van der Waals surface area contributed by atoms with Crippen LogP contribution in [0.1, 0.15) is 24.3 Å². The van der Waals surface area contributed by atoms with Gasteiger partial charge in [-0.15, -0.1) is 11.3 Å². The quantitative estimate of drug-likeness (QED) is 0.734. The van der Waals surface area contributed by atoms with Crippen molar-refractivity contribution in [2.45, 2.75) is 18.8 Å². The van der Waals surface area contributed by atoms with E-state index in [9.17, 15) is 0 Å². The first-order chi connectivity index (χ1) is 8.86. The predicted octanol–water partition coefficient (Wildman–Crippen LogP) is 4.37. The van der Waals surface area contributed by atoms with Crippen molar-refractivity contribution in [3.05, 3.63) is 35.3 Å². The van der Waals surface area contributed by atoms with Crippen molar-refractivity contribution in [3.8, 4) is 0 Å². The maximum atomic E-state index is 4.51. The zero-order valence-electron chi connectivity index (χ0n) is 10.2. The first-order valence-corrected chi connectivity index (χ1v) is 7.22. The molecule has 0 aliphatic heterocycles. The summed E-state index contributed by atoms with van der Waals surface area (Å²) < 4.78 is 1.38. The largest absolute Gasteiger partial charge is 0.388 e. The van der Waals surface area contributed by atoms with Crippen LogP contribution >= 0.6 is 11.3 Å². The number of fused-ring (bicyclic) bond motifs is 2. The fourth-order valence-electron chi connectivity index (χ4n) is 2.61. The Hall–Kier alpha value is -1.61. The normalized spacial score (nSPS) is 15.4. The molecule has 0 radical (unpaired) electrons. The Balaban J connectivity index is 2.06. The Morgan fingerprint density at radius 2 is 2.17 bits per heavy atom. The topological polar surface area (TPSA) is 24.9 Å².